The Bertz CT molecular complexity index is 747. The van der Waals surface area contributed by atoms with E-state index in [1.54, 1.807) is 24.3 Å². The zero-order valence-corrected chi connectivity index (χ0v) is 14.1. The van der Waals surface area contributed by atoms with Gasteiger partial charge in [0.1, 0.15) is 5.84 Å². The predicted molar refractivity (Wildman–Crippen MR) is 96.8 cm³/mol. The van der Waals surface area contributed by atoms with Crippen molar-refractivity contribution in [1.82, 2.24) is 10.6 Å². The Hall–Kier alpha value is -2.91. The fourth-order valence-corrected chi connectivity index (χ4v) is 2.79. The molecule has 2 aromatic rings. The van der Waals surface area contributed by atoms with Crippen LogP contribution in [0.1, 0.15) is 16.5 Å². The van der Waals surface area contributed by atoms with E-state index in [4.69, 9.17) is 11.1 Å². The van der Waals surface area contributed by atoms with Gasteiger partial charge in [-0.2, -0.15) is 0 Å². The predicted octanol–water partition coefficient (Wildman–Crippen LogP) is 1.00. The van der Waals surface area contributed by atoms with Gasteiger partial charge in [-0.15, -0.1) is 11.3 Å². The molecule has 25 heavy (non-hydrogen) atoms. The molecule has 0 radical (unpaired) electrons. The van der Waals surface area contributed by atoms with Gasteiger partial charge in [0.15, 0.2) is 0 Å². The number of nitrogen functional groups attached to an aromatic ring is 1. The Kier molecular flexibility index (Phi) is 6.49. The molecular formula is C16H19N5O3S. The molecule has 1 aromatic heterocycles. The maximum atomic E-state index is 11.9. The molecule has 0 aliphatic heterocycles. The van der Waals surface area contributed by atoms with Gasteiger partial charge in [-0.25, -0.2) is 4.79 Å². The summed E-state index contributed by atoms with van der Waals surface area (Å²) in [5.41, 5.74) is 6.13. The van der Waals surface area contributed by atoms with Crippen molar-refractivity contribution in [3.63, 3.8) is 0 Å². The molecule has 0 spiro atoms. The summed E-state index contributed by atoms with van der Waals surface area (Å²) < 4.78 is 0. The highest BCUT2D eigenvalue weighted by Crippen LogP contribution is 2.20. The summed E-state index contributed by atoms with van der Waals surface area (Å²) in [6, 6.07) is 11.2. The number of aliphatic hydroxyl groups excluding tert-OH is 1. The molecule has 7 N–H and O–H groups in total. The third kappa shape index (κ3) is 5.59. The number of carbonyl (C=O) groups excluding carboxylic acids is 2. The van der Waals surface area contributed by atoms with Crippen LogP contribution in [-0.2, 0) is 4.79 Å². The van der Waals surface area contributed by atoms with E-state index in [0.717, 1.165) is 16.9 Å². The van der Waals surface area contributed by atoms with Gasteiger partial charge in [0, 0.05) is 0 Å². The molecule has 1 heterocycles. The molecule has 9 heteroatoms. The first-order valence-electron chi connectivity index (χ1n) is 7.44. The molecule has 0 saturated heterocycles. The van der Waals surface area contributed by atoms with Crippen LogP contribution in [0.3, 0.4) is 0 Å². The Balaban J connectivity index is 1.80. The number of nitrogens with one attached hydrogen (secondary N) is 4. The third-order valence-corrected chi connectivity index (χ3v) is 4.27. The third-order valence-electron chi connectivity index (χ3n) is 3.24. The van der Waals surface area contributed by atoms with Gasteiger partial charge < -0.3 is 21.5 Å². The van der Waals surface area contributed by atoms with E-state index in [2.05, 4.69) is 16.0 Å². The summed E-state index contributed by atoms with van der Waals surface area (Å²) in [7, 11) is 0. The number of anilines is 1. The number of hydrogen-bond acceptors (Lipinski definition) is 5. The number of hydrogen-bond donors (Lipinski definition) is 6. The minimum absolute atomic E-state index is 0.0752. The molecule has 3 amide bonds. The van der Waals surface area contributed by atoms with Crippen molar-refractivity contribution in [1.29, 1.82) is 5.41 Å². The van der Waals surface area contributed by atoms with Gasteiger partial charge in [0.25, 0.3) is 0 Å². The van der Waals surface area contributed by atoms with Gasteiger partial charge in [-0.1, -0.05) is 30.3 Å². The van der Waals surface area contributed by atoms with Crippen LogP contribution >= 0.6 is 11.3 Å². The molecule has 132 valence electrons. The smallest absolute Gasteiger partial charge is 0.320 e. The van der Waals surface area contributed by atoms with Crippen molar-refractivity contribution in [3.8, 4) is 0 Å². The molecule has 0 aliphatic carbocycles. The van der Waals surface area contributed by atoms with Crippen LogP contribution < -0.4 is 21.7 Å². The highest BCUT2D eigenvalue weighted by molar-refractivity contribution is 7.18. The van der Waals surface area contributed by atoms with Gasteiger partial charge in [0.05, 0.1) is 29.1 Å². The van der Waals surface area contributed by atoms with Crippen molar-refractivity contribution in [2.75, 3.05) is 18.5 Å². The van der Waals surface area contributed by atoms with Crippen LogP contribution in [0, 0.1) is 5.41 Å². The van der Waals surface area contributed by atoms with Crippen molar-refractivity contribution >= 4 is 34.1 Å². The summed E-state index contributed by atoms with van der Waals surface area (Å²) in [5.74, 6) is -0.498. The summed E-state index contributed by atoms with van der Waals surface area (Å²) in [4.78, 5) is 24.3. The number of benzene rings is 1. The number of amides is 3. The summed E-state index contributed by atoms with van der Waals surface area (Å²) in [6.07, 6.45) is 0. The fraction of sp³-hybridized carbons (Fsp3) is 0.188. The van der Waals surface area contributed by atoms with Crippen molar-refractivity contribution in [3.05, 3.63) is 52.9 Å². The molecule has 2 rings (SSSR count). The summed E-state index contributed by atoms with van der Waals surface area (Å²) >= 11 is 1.16. The minimum atomic E-state index is -0.549. The first-order chi connectivity index (χ1) is 12.0. The second kappa shape index (κ2) is 8.81. The lowest BCUT2D eigenvalue weighted by molar-refractivity contribution is -0.121. The Morgan fingerprint density at radius 3 is 2.52 bits per heavy atom. The van der Waals surface area contributed by atoms with Crippen LogP contribution in [0.2, 0.25) is 0 Å². The van der Waals surface area contributed by atoms with E-state index in [1.807, 2.05) is 18.2 Å². The first-order valence-corrected chi connectivity index (χ1v) is 8.25. The number of urea groups is 1. The van der Waals surface area contributed by atoms with Crippen molar-refractivity contribution in [2.24, 2.45) is 5.73 Å². The number of aliphatic hydroxyl groups is 1. The van der Waals surface area contributed by atoms with Gasteiger partial charge >= 0.3 is 6.03 Å². The SMILES string of the molecule is N=C(N)c1ccc(NC(=O)NCC(=O)N[C@@H](CO)c2ccccc2)s1. The maximum Gasteiger partial charge on any atom is 0.320 e. The van der Waals surface area contributed by atoms with Crippen LogP contribution in [0.15, 0.2) is 42.5 Å². The van der Waals surface area contributed by atoms with Crippen LogP contribution in [0.25, 0.3) is 0 Å². The average molecular weight is 361 g/mol. The minimum Gasteiger partial charge on any atom is -0.394 e. The van der Waals surface area contributed by atoms with Gasteiger partial charge in [-0.05, 0) is 17.7 Å². The number of rotatable bonds is 7. The number of thiophene rings is 1. The lowest BCUT2D eigenvalue weighted by Crippen LogP contribution is -2.41. The van der Waals surface area contributed by atoms with Gasteiger partial charge in [0.2, 0.25) is 5.91 Å². The standard InChI is InChI=1S/C16H19N5O3S/c17-15(18)12-6-7-14(25-12)21-16(24)19-8-13(23)20-11(9-22)10-4-2-1-3-5-10/h1-7,11,22H,8-9H2,(H3,17,18)(H,20,23)(H2,19,21,24)/t11-/m0/s1. The molecule has 8 nitrogen and oxygen atoms in total. The second-order valence-electron chi connectivity index (χ2n) is 5.10. The lowest BCUT2D eigenvalue weighted by Gasteiger charge is -2.17. The van der Waals surface area contributed by atoms with Crippen LogP contribution in [0.5, 0.6) is 0 Å². The quantitative estimate of drug-likeness (QED) is 0.323. The summed E-state index contributed by atoms with van der Waals surface area (Å²) in [5, 5.41) is 24.9. The van der Waals surface area contributed by atoms with E-state index < -0.39 is 18.0 Å². The van der Waals surface area contributed by atoms with E-state index in [1.165, 1.54) is 0 Å². The Labute approximate surface area is 148 Å². The van der Waals surface area contributed by atoms with E-state index in [0.29, 0.717) is 9.88 Å². The molecule has 1 atom stereocenters. The van der Waals surface area contributed by atoms with E-state index >= 15 is 0 Å². The molecule has 1 aromatic carbocycles. The number of amidine groups is 1. The highest BCUT2D eigenvalue weighted by atomic mass is 32.1. The fourth-order valence-electron chi connectivity index (χ4n) is 2.03. The maximum absolute atomic E-state index is 11.9. The van der Waals surface area contributed by atoms with E-state index in [9.17, 15) is 14.7 Å². The van der Waals surface area contributed by atoms with Crippen LogP contribution in [-0.4, -0.2) is 36.0 Å². The summed E-state index contributed by atoms with van der Waals surface area (Å²) in [6.45, 7) is -0.481. The van der Waals surface area contributed by atoms with Crippen LogP contribution in [0.4, 0.5) is 9.80 Å². The van der Waals surface area contributed by atoms with Gasteiger partial charge in [-0.3, -0.25) is 15.5 Å². The molecule has 0 saturated carbocycles. The Morgan fingerprint density at radius 2 is 1.92 bits per heavy atom. The normalized spacial score (nSPS) is 11.4. The molecule has 0 fully saturated rings. The molecule has 0 aliphatic rings. The van der Waals surface area contributed by atoms with Crippen molar-refractivity contribution < 1.29 is 14.7 Å². The van der Waals surface area contributed by atoms with Crippen molar-refractivity contribution in [2.45, 2.75) is 6.04 Å². The largest absolute Gasteiger partial charge is 0.394 e. The zero-order valence-electron chi connectivity index (χ0n) is 13.3. The molecular weight excluding hydrogens is 342 g/mol. The second-order valence-corrected chi connectivity index (χ2v) is 6.18. The molecule has 0 bridgehead atoms. The zero-order chi connectivity index (χ0) is 18.2. The number of nitrogens with two attached hydrogens (primary N) is 1. The topological polar surface area (TPSA) is 140 Å². The first kappa shape index (κ1) is 18.4. The average Bonchev–Trinajstić information content (AvgIpc) is 3.07. The Morgan fingerprint density at radius 1 is 1.20 bits per heavy atom. The monoisotopic (exact) mass is 361 g/mol. The lowest BCUT2D eigenvalue weighted by atomic mass is 10.1. The highest BCUT2D eigenvalue weighted by Gasteiger charge is 2.14. The number of carbonyl (C=O) groups is 2. The van der Waals surface area contributed by atoms with E-state index in [-0.39, 0.29) is 19.0 Å². The molecule has 0 unspecified atom stereocenters.